The van der Waals surface area contributed by atoms with Gasteiger partial charge in [0.15, 0.2) is 0 Å². The first-order valence-corrected chi connectivity index (χ1v) is 25.1. The second kappa shape index (κ2) is 30.2. The lowest BCUT2D eigenvalue weighted by atomic mass is 10.1. The van der Waals surface area contributed by atoms with Gasteiger partial charge in [-0.3, -0.25) is 4.52 Å². The lowest BCUT2D eigenvalue weighted by Gasteiger charge is -2.28. The lowest BCUT2D eigenvalue weighted by molar-refractivity contribution is 0.205. The van der Waals surface area contributed by atoms with Gasteiger partial charge in [0.1, 0.15) is 11.5 Å². The fourth-order valence-electron chi connectivity index (χ4n) is 7.08. The molecule has 0 fully saturated rings. The number of benzene rings is 2. The molecule has 0 amide bonds. The van der Waals surface area contributed by atoms with Crippen molar-refractivity contribution in [3.05, 3.63) is 60.7 Å². The van der Waals surface area contributed by atoms with Crippen LogP contribution in [-0.4, -0.2) is 31.3 Å². The minimum Gasteiger partial charge on any atom is -0.395 e. The summed E-state index contributed by atoms with van der Waals surface area (Å²) < 4.78 is 30.6. The summed E-state index contributed by atoms with van der Waals surface area (Å²) in [4.78, 5) is 0. The third-order valence-electron chi connectivity index (χ3n) is 10.2. The fourth-order valence-corrected chi connectivity index (χ4v) is 13.3. The molecule has 0 radical (unpaired) electrons. The van der Waals surface area contributed by atoms with Gasteiger partial charge in [-0.25, -0.2) is 4.57 Å². The minimum absolute atomic E-state index is 0.358. The number of rotatable bonds is 35. The van der Waals surface area contributed by atoms with Crippen LogP contribution in [0.2, 0.25) is 0 Å². The highest BCUT2D eigenvalue weighted by Crippen LogP contribution is 2.61. The molecule has 6 heteroatoms. The van der Waals surface area contributed by atoms with E-state index >= 15 is 0 Å². The van der Waals surface area contributed by atoms with E-state index in [1.54, 1.807) is 48.9 Å². The van der Waals surface area contributed by atoms with Crippen LogP contribution in [0.25, 0.3) is 0 Å². The van der Waals surface area contributed by atoms with Crippen molar-refractivity contribution in [1.29, 1.82) is 0 Å². The number of phosphoric ester groups is 1. The Kier molecular flexibility index (Phi) is 27.0. The van der Waals surface area contributed by atoms with Crippen LogP contribution in [0, 0.1) is 0 Å². The molecule has 2 rings (SSSR count). The molecule has 0 aromatic heterocycles. The van der Waals surface area contributed by atoms with Crippen molar-refractivity contribution in [3.63, 3.8) is 0 Å². The molecular formula is C44H77O4P2+. The standard InChI is InChI=1S/C44H77O4P2/c1-4-7-10-30-39-49(40-31-11-8-5-2,41-32-12-9-6-3)42-33-22-20-18-16-14-13-15-17-19-21-29-38-46-50(45,47-43-34-25-23-26-35-43)48-44-36-27-24-28-37-44/h23-28,34-37H,4-22,29-33,38-42H2,1-3H3/q+1. The summed E-state index contributed by atoms with van der Waals surface area (Å²) in [6.07, 6.45) is 39.3. The van der Waals surface area contributed by atoms with Crippen LogP contribution in [0.15, 0.2) is 60.7 Å². The molecule has 4 nitrogen and oxygen atoms in total. The predicted molar refractivity (Wildman–Crippen MR) is 222 cm³/mol. The Bertz CT molecular complexity index is 987. The maximum absolute atomic E-state index is 13.4. The average Bonchev–Trinajstić information content (AvgIpc) is 3.13. The van der Waals surface area contributed by atoms with E-state index in [2.05, 4.69) is 20.8 Å². The van der Waals surface area contributed by atoms with Crippen molar-refractivity contribution in [2.75, 3.05) is 31.3 Å². The molecule has 0 N–H and O–H groups in total. The van der Waals surface area contributed by atoms with Gasteiger partial charge < -0.3 is 9.05 Å². The van der Waals surface area contributed by atoms with Gasteiger partial charge in [0, 0.05) is 7.26 Å². The molecule has 0 unspecified atom stereocenters. The maximum Gasteiger partial charge on any atom is 0.587 e. The summed E-state index contributed by atoms with van der Waals surface area (Å²) in [6.45, 7) is 7.42. The normalized spacial score (nSPS) is 12.0. The zero-order valence-corrected chi connectivity index (χ0v) is 34.6. The molecule has 0 aliphatic carbocycles. The van der Waals surface area contributed by atoms with E-state index in [1.165, 1.54) is 141 Å². The van der Waals surface area contributed by atoms with Crippen LogP contribution in [0.5, 0.6) is 11.5 Å². The highest BCUT2D eigenvalue weighted by atomic mass is 31.2. The molecule has 2 aromatic rings. The molecule has 0 aliphatic rings. The summed E-state index contributed by atoms with van der Waals surface area (Å²) in [5.74, 6) is 0.953. The van der Waals surface area contributed by atoms with Crippen LogP contribution in [0.3, 0.4) is 0 Å². The van der Waals surface area contributed by atoms with E-state index < -0.39 is 15.1 Å². The summed E-state index contributed by atoms with van der Waals surface area (Å²) in [7, 11) is -4.55. The lowest BCUT2D eigenvalue weighted by Crippen LogP contribution is -2.13. The maximum atomic E-state index is 13.4. The quantitative estimate of drug-likeness (QED) is 0.0523. The van der Waals surface area contributed by atoms with Gasteiger partial charge in [-0.1, -0.05) is 153 Å². The van der Waals surface area contributed by atoms with E-state index in [-0.39, 0.29) is 0 Å². The second-order valence-corrected chi connectivity index (χ2v) is 20.7. The van der Waals surface area contributed by atoms with Gasteiger partial charge in [-0.05, 0) is 82.1 Å². The Balaban J connectivity index is 1.58. The van der Waals surface area contributed by atoms with Gasteiger partial charge in [0.2, 0.25) is 0 Å². The first kappa shape index (κ1) is 44.8. The van der Waals surface area contributed by atoms with E-state index in [9.17, 15) is 4.57 Å². The molecule has 0 heterocycles. The van der Waals surface area contributed by atoms with Crippen molar-refractivity contribution in [2.24, 2.45) is 0 Å². The third kappa shape index (κ3) is 22.6. The molecule has 0 spiro atoms. The number of unbranched alkanes of at least 4 members (excludes halogenated alkanes) is 20. The largest absolute Gasteiger partial charge is 0.587 e. The smallest absolute Gasteiger partial charge is 0.395 e. The molecule has 50 heavy (non-hydrogen) atoms. The molecule has 286 valence electrons. The number of hydrogen-bond donors (Lipinski definition) is 0. The minimum atomic E-state index is -3.78. The van der Waals surface area contributed by atoms with Crippen LogP contribution in [0.1, 0.15) is 175 Å². The molecule has 0 bridgehead atoms. The van der Waals surface area contributed by atoms with Gasteiger partial charge in [-0.15, -0.1) is 0 Å². The van der Waals surface area contributed by atoms with Crippen LogP contribution < -0.4 is 9.05 Å². The summed E-state index contributed by atoms with van der Waals surface area (Å²) in [5, 5.41) is 0. The van der Waals surface area contributed by atoms with Gasteiger partial charge >= 0.3 is 7.82 Å². The van der Waals surface area contributed by atoms with Crippen LogP contribution in [0.4, 0.5) is 0 Å². The molecular weight excluding hydrogens is 654 g/mol. The first-order chi connectivity index (χ1) is 24.5. The second-order valence-electron chi connectivity index (χ2n) is 14.7. The first-order valence-electron chi connectivity index (χ1n) is 21.1. The van der Waals surface area contributed by atoms with E-state index in [1.807, 2.05) is 36.4 Å². The highest BCUT2D eigenvalue weighted by Gasteiger charge is 2.35. The van der Waals surface area contributed by atoms with Gasteiger partial charge in [0.05, 0.1) is 31.3 Å². The Morgan fingerprint density at radius 3 is 1.06 bits per heavy atom. The fraction of sp³-hybridized carbons (Fsp3) is 0.727. The summed E-state index contributed by atoms with van der Waals surface area (Å²) in [6, 6.07) is 18.2. The zero-order valence-electron chi connectivity index (χ0n) is 32.8. The molecule has 0 aliphatic heterocycles. The monoisotopic (exact) mass is 732 g/mol. The number of hydrogen-bond acceptors (Lipinski definition) is 4. The van der Waals surface area contributed by atoms with Crippen LogP contribution in [-0.2, 0) is 9.09 Å². The van der Waals surface area contributed by atoms with Crippen molar-refractivity contribution in [1.82, 2.24) is 0 Å². The average molecular weight is 732 g/mol. The molecule has 0 atom stereocenters. The SMILES string of the molecule is CCCCCC[P+](CCCCCC)(CCCCCC)CCCCCCCCCCCCCCOP(=O)(Oc1ccccc1)Oc1ccccc1. The van der Waals surface area contributed by atoms with Crippen molar-refractivity contribution < 1.29 is 18.1 Å². The Hall–Kier alpha value is -1.34. The third-order valence-corrected chi connectivity index (χ3v) is 16.6. The Morgan fingerprint density at radius 1 is 0.420 bits per heavy atom. The van der Waals surface area contributed by atoms with Gasteiger partial charge in [-0.2, -0.15) is 0 Å². The highest BCUT2D eigenvalue weighted by molar-refractivity contribution is 7.75. The van der Waals surface area contributed by atoms with Crippen LogP contribution >= 0.6 is 15.1 Å². The van der Waals surface area contributed by atoms with E-state index in [0.717, 1.165) is 12.8 Å². The Morgan fingerprint density at radius 2 is 0.720 bits per heavy atom. The van der Waals surface area contributed by atoms with Crippen molar-refractivity contribution in [3.8, 4) is 11.5 Å². The summed E-state index contributed by atoms with van der Waals surface area (Å²) >= 11 is 0. The van der Waals surface area contributed by atoms with Crippen molar-refractivity contribution >= 4 is 15.1 Å². The Labute approximate surface area is 310 Å². The number of phosphoric acid groups is 1. The summed E-state index contributed by atoms with van der Waals surface area (Å²) in [5.41, 5.74) is 0. The van der Waals surface area contributed by atoms with Crippen molar-refractivity contribution in [2.45, 2.75) is 175 Å². The topological polar surface area (TPSA) is 44.8 Å². The predicted octanol–water partition coefficient (Wildman–Crippen LogP) is 15.7. The molecule has 2 aromatic carbocycles. The zero-order chi connectivity index (χ0) is 35.9. The number of para-hydroxylation sites is 2. The van der Waals surface area contributed by atoms with E-state index in [0.29, 0.717) is 18.1 Å². The molecule has 0 saturated heterocycles. The van der Waals surface area contributed by atoms with Gasteiger partial charge in [0.25, 0.3) is 0 Å². The van der Waals surface area contributed by atoms with E-state index in [4.69, 9.17) is 13.6 Å². The molecule has 0 saturated carbocycles.